The van der Waals surface area contributed by atoms with Gasteiger partial charge < -0.3 is 20.6 Å². The van der Waals surface area contributed by atoms with Crippen molar-refractivity contribution in [2.45, 2.75) is 37.7 Å². The molecule has 1 aromatic carbocycles. The largest absolute Gasteiger partial charge is 0.481 e. The number of thioether (sulfide) groups is 1. The number of aromatic amines is 1. The van der Waals surface area contributed by atoms with Gasteiger partial charge in [-0.15, -0.1) is 11.8 Å². The molecule has 1 atom stereocenters. The molecule has 10 heteroatoms. The summed E-state index contributed by atoms with van der Waals surface area (Å²) in [6, 6.07) is 9.53. The van der Waals surface area contributed by atoms with Crippen LogP contribution in [0.15, 0.2) is 39.9 Å². The Morgan fingerprint density at radius 1 is 1.13 bits per heavy atom. The Hall–Kier alpha value is -2.72. The smallest absolute Gasteiger partial charge is 0.329 e. The Bertz CT molecular complexity index is 972. The maximum atomic E-state index is 12.3. The van der Waals surface area contributed by atoms with Crippen molar-refractivity contribution in [3.63, 3.8) is 0 Å². The minimum absolute atomic E-state index is 0.122. The zero-order valence-electron chi connectivity index (χ0n) is 17.6. The summed E-state index contributed by atoms with van der Waals surface area (Å²) >= 11 is 1.15. The van der Waals surface area contributed by atoms with Gasteiger partial charge in [0.2, 0.25) is 0 Å². The zero-order valence-corrected chi connectivity index (χ0v) is 18.4. The van der Waals surface area contributed by atoms with Crippen LogP contribution in [0.2, 0.25) is 0 Å². The second kappa shape index (κ2) is 11.1. The summed E-state index contributed by atoms with van der Waals surface area (Å²) in [7, 11) is 1.55. The molecule has 1 unspecified atom stereocenters. The van der Waals surface area contributed by atoms with Gasteiger partial charge in [0.1, 0.15) is 11.5 Å². The molecule has 0 saturated carbocycles. The first-order chi connectivity index (χ1) is 15.0. The van der Waals surface area contributed by atoms with Crippen LogP contribution in [0.5, 0.6) is 0 Å². The summed E-state index contributed by atoms with van der Waals surface area (Å²) in [6.45, 7) is 2.92. The molecule has 3 heterocycles. The minimum Gasteiger partial charge on any atom is -0.481 e. The minimum atomic E-state index is -0.944. The van der Waals surface area contributed by atoms with E-state index in [-0.39, 0.29) is 5.75 Å². The molecule has 2 aliphatic rings. The van der Waals surface area contributed by atoms with E-state index in [1.165, 1.54) is 43.3 Å². The third-order valence-electron chi connectivity index (χ3n) is 5.15. The van der Waals surface area contributed by atoms with Crippen molar-refractivity contribution >= 4 is 29.2 Å². The quantitative estimate of drug-likeness (QED) is 0.547. The SMILES string of the molecule is C1CCCNCC1.Cn1c2c(c(=O)[nH]c1=O)N(Cc1ccccc1)C(SCC(=O)O)N2. The highest BCUT2D eigenvalue weighted by Crippen LogP contribution is 2.35. The van der Waals surface area contributed by atoms with E-state index in [4.69, 9.17) is 5.11 Å². The molecule has 0 radical (unpaired) electrons. The van der Waals surface area contributed by atoms with Gasteiger partial charge >= 0.3 is 11.7 Å². The van der Waals surface area contributed by atoms with Gasteiger partial charge in [0, 0.05) is 13.6 Å². The molecule has 4 rings (SSSR count). The van der Waals surface area contributed by atoms with Crippen LogP contribution in [0.25, 0.3) is 0 Å². The molecule has 2 aliphatic heterocycles. The number of H-pyrrole nitrogens is 1. The first kappa shape index (κ1) is 23.0. The Kier molecular flexibility index (Phi) is 8.19. The van der Waals surface area contributed by atoms with Crippen LogP contribution in [0.3, 0.4) is 0 Å². The number of anilines is 2. The summed E-state index contributed by atoms with van der Waals surface area (Å²) in [6.07, 6.45) is 5.65. The van der Waals surface area contributed by atoms with E-state index < -0.39 is 22.7 Å². The van der Waals surface area contributed by atoms with Gasteiger partial charge in [0.25, 0.3) is 5.56 Å². The molecule has 1 aromatic heterocycles. The average molecular weight is 448 g/mol. The number of hydrogen-bond acceptors (Lipinski definition) is 7. The summed E-state index contributed by atoms with van der Waals surface area (Å²) in [4.78, 5) is 39.0. The predicted molar refractivity (Wildman–Crippen MR) is 124 cm³/mol. The molecule has 0 amide bonds. The first-order valence-corrected chi connectivity index (χ1v) is 11.5. The van der Waals surface area contributed by atoms with Crippen molar-refractivity contribution in [1.29, 1.82) is 0 Å². The molecule has 2 aromatic rings. The van der Waals surface area contributed by atoms with Gasteiger partial charge in [0.15, 0.2) is 5.50 Å². The van der Waals surface area contributed by atoms with Crippen LogP contribution in [-0.4, -0.2) is 45.0 Å². The fraction of sp³-hybridized carbons (Fsp3) is 0.476. The second-order valence-corrected chi connectivity index (χ2v) is 8.56. The van der Waals surface area contributed by atoms with E-state index in [0.29, 0.717) is 18.1 Å². The molecule has 1 saturated heterocycles. The van der Waals surface area contributed by atoms with Gasteiger partial charge in [-0.05, 0) is 31.5 Å². The van der Waals surface area contributed by atoms with Crippen molar-refractivity contribution in [2.24, 2.45) is 7.05 Å². The van der Waals surface area contributed by atoms with Crippen molar-refractivity contribution in [2.75, 3.05) is 29.1 Å². The van der Waals surface area contributed by atoms with E-state index >= 15 is 0 Å². The van der Waals surface area contributed by atoms with Crippen molar-refractivity contribution in [1.82, 2.24) is 14.9 Å². The standard InChI is InChI=1S/C15H16N4O4S.C6H13N/c1-18-12-11(13(22)17-14(18)23)19(7-9-5-3-2-4-6-9)15(16-12)24-8-10(20)21;1-2-4-6-7-5-3-1/h2-6,15-16H,7-8H2,1H3,(H,20,21)(H,17,22,23);7H,1-6H2. The van der Waals surface area contributed by atoms with Crippen LogP contribution in [0, 0.1) is 0 Å². The van der Waals surface area contributed by atoms with Gasteiger partial charge in [-0.3, -0.25) is 19.1 Å². The number of fused-ring (bicyclic) bond motifs is 1. The number of nitrogens with one attached hydrogen (secondary N) is 3. The normalized spacial score (nSPS) is 17.7. The molecule has 0 bridgehead atoms. The van der Waals surface area contributed by atoms with Gasteiger partial charge in [0.05, 0.1) is 5.75 Å². The van der Waals surface area contributed by atoms with Gasteiger partial charge in [-0.25, -0.2) is 4.79 Å². The van der Waals surface area contributed by atoms with Gasteiger partial charge in [-0.1, -0.05) is 43.2 Å². The van der Waals surface area contributed by atoms with Crippen molar-refractivity contribution in [3.05, 3.63) is 56.7 Å². The number of nitrogens with zero attached hydrogens (tertiary/aromatic N) is 2. The molecular weight excluding hydrogens is 418 g/mol. The lowest BCUT2D eigenvalue weighted by Crippen LogP contribution is -2.36. The number of rotatable bonds is 5. The lowest BCUT2D eigenvalue weighted by atomic mass is 10.2. The first-order valence-electron chi connectivity index (χ1n) is 10.4. The molecule has 31 heavy (non-hydrogen) atoms. The van der Waals surface area contributed by atoms with Crippen LogP contribution in [0.4, 0.5) is 11.5 Å². The molecular formula is C21H29N5O4S. The fourth-order valence-electron chi connectivity index (χ4n) is 3.55. The van der Waals surface area contributed by atoms with Gasteiger partial charge in [-0.2, -0.15) is 0 Å². The van der Waals surface area contributed by atoms with Crippen LogP contribution < -0.4 is 26.8 Å². The molecule has 168 valence electrons. The zero-order chi connectivity index (χ0) is 22.2. The highest BCUT2D eigenvalue weighted by atomic mass is 32.2. The van der Waals surface area contributed by atoms with E-state index in [0.717, 1.165) is 17.3 Å². The Morgan fingerprint density at radius 3 is 2.45 bits per heavy atom. The summed E-state index contributed by atoms with van der Waals surface area (Å²) in [5.74, 6) is -0.675. The predicted octanol–water partition coefficient (Wildman–Crippen LogP) is 1.76. The average Bonchev–Trinajstić information content (AvgIpc) is 2.92. The summed E-state index contributed by atoms with van der Waals surface area (Å²) in [5, 5.41) is 15.4. The number of carboxylic acids is 1. The van der Waals surface area contributed by atoms with E-state index in [9.17, 15) is 14.4 Å². The van der Waals surface area contributed by atoms with Crippen molar-refractivity contribution < 1.29 is 9.90 Å². The molecule has 1 fully saturated rings. The molecule has 0 spiro atoms. The molecule has 4 N–H and O–H groups in total. The third-order valence-corrected chi connectivity index (χ3v) is 6.25. The number of carbonyl (C=O) groups is 1. The summed E-state index contributed by atoms with van der Waals surface area (Å²) in [5.41, 5.74) is -0.152. The lowest BCUT2D eigenvalue weighted by molar-refractivity contribution is -0.133. The molecule has 0 aliphatic carbocycles. The fourth-order valence-corrected chi connectivity index (χ4v) is 4.41. The Balaban J connectivity index is 0.000000330. The van der Waals surface area contributed by atoms with E-state index in [2.05, 4.69) is 15.6 Å². The lowest BCUT2D eigenvalue weighted by Gasteiger charge is -2.25. The second-order valence-electron chi connectivity index (χ2n) is 7.49. The van der Waals surface area contributed by atoms with E-state index in [1.807, 2.05) is 30.3 Å². The monoisotopic (exact) mass is 447 g/mol. The Morgan fingerprint density at radius 2 is 1.81 bits per heavy atom. The highest BCUT2D eigenvalue weighted by Gasteiger charge is 2.34. The Labute approximate surface area is 184 Å². The number of hydrogen-bond donors (Lipinski definition) is 4. The third kappa shape index (κ3) is 6.14. The van der Waals surface area contributed by atoms with E-state index in [1.54, 1.807) is 11.9 Å². The van der Waals surface area contributed by atoms with Crippen LogP contribution in [0.1, 0.15) is 31.2 Å². The maximum Gasteiger partial charge on any atom is 0.329 e. The topological polar surface area (TPSA) is 119 Å². The van der Waals surface area contributed by atoms with Crippen LogP contribution in [-0.2, 0) is 18.4 Å². The number of benzene rings is 1. The number of aliphatic carboxylic acids is 1. The number of carboxylic acid groups (broad SMARTS) is 1. The number of aromatic nitrogens is 2. The summed E-state index contributed by atoms with van der Waals surface area (Å²) < 4.78 is 1.32. The van der Waals surface area contributed by atoms with Crippen LogP contribution >= 0.6 is 11.8 Å². The molecule has 9 nitrogen and oxygen atoms in total. The van der Waals surface area contributed by atoms with Crippen molar-refractivity contribution in [3.8, 4) is 0 Å². The maximum absolute atomic E-state index is 12.3. The highest BCUT2D eigenvalue weighted by molar-refractivity contribution is 8.00.